The third-order valence-corrected chi connectivity index (χ3v) is 1.50. The van der Waals surface area contributed by atoms with E-state index in [2.05, 4.69) is 20.0 Å². The Morgan fingerprint density at radius 2 is 2.50 bits per heavy atom. The summed E-state index contributed by atoms with van der Waals surface area (Å²) in [5.74, 6) is -0.452. The molecule has 0 spiro atoms. The number of nitrogens with two attached hydrogens (primary N) is 1. The van der Waals surface area contributed by atoms with Gasteiger partial charge in [-0.15, -0.1) is 0 Å². The maximum atomic E-state index is 11.2. The molecule has 0 saturated heterocycles. The van der Waals surface area contributed by atoms with Gasteiger partial charge in [-0.3, -0.25) is 4.79 Å². The van der Waals surface area contributed by atoms with Gasteiger partial charge in [0.25, 0.3) is 11.7 Å². The quantitative estimate of drug-likeness (QED) is 0.563. The summed E-state index contributed by atoms with van der Waals surface area (Å²) in [5.41, 5.74) is 5.40. The topological polar surface area (TPSA) is 114 Å². The minimum absolute atomic E-state index is 0.0498. The normalized spacial score (nSPS) is 12.5. The number of carbonyl (C=O) groups excluding carboxylic acids is 1. The lowest BCUT2D eigenvalue weighted by Gasteiger charge is -1.98. The summed E-state index contributed by atoms with van der Waals surface area (Å²) >= 11 is 0. The Morgan fingerprint density at radius 3 is 3.07 bits per heavy atom. The van der Waals surface area contributed by atoms with E-state index >= 15 is 0 Å². The highest BCUT2D eigenvalue weighted by Crippen LogP contribution is 2.05. The zero-order valence-electron chi connectivity index (χ0n) is 7.73. The summed E-state index contributed by atoms with van der Waals surface area (Å²) in [6.07, 6.45) is 0. The van der Waals surface area contributed by atoms with E-state index in [0.29, 0.717) is 6.54 Å². The van der Waals surface area contributed by atoms with E-state index < -0.39 is 11.9 Å². The zero-order valence-corrected chi connectivity index (χ0v) is 7.73. The van der Waals surface area contributed by atoms with Gasteiger partial charge in [-0.05, 0) is 6.92 Å². The van der Waals surface area contributed by atoms with Gasteiger partial charge in [-0.2, -0.15) is 4.98 Å². The fourth-order valence-electron chi connectivity index (χ4n) is 0.796. The first kappa shape index (κ1) is 10.6. The predicted octanol–water partition coefficient (Wildman–Crippen LogP) is -1.19. The van der Waals surface area contributed by atoms with Gasteiger partial charge in [0.1, 0.15) is 6.04 Å². The van der Waals surface area contributed by atoms with Crippen LogP contribution in [0.1, 0.15) is 29.5 Å². The minimum Gasteiger partial charge on any atom is -0.394 e. The monoisotopic (exact) mass is 200 g/mol. The lowest BCUT2D eigenvalue weighted by Crippen LogP contribution is -2.24. The molecular formula is C7H12N4O3. The Bertz CT molecular complexity index is 312. The average molecular weight is 200 g/mol. The van der Waals surface area contributed by atoms with Crippen molar-refractivity contribution < 1.29 is 14.4 Å². The van der Waals surface area contributed by atoms with Crippen LogP contribution in [0, 0.1) is 0 Å². The van der Waals surface area contributed by atoms with E-state index in [0.717, 1.165) is 0 Å². The number of carbonyl (C=O) groups is 1. The molecule has 0 saturated carbocycles. The van der Waals surface area contributed by atoms with Crippen LogP contribution < -0.4 is 11.1 Å². The van der Waals surface area contributed by atoms with Crippen molar-refractivity contribution in [2.75, 3.05) is 13.2 Å². The van der Waals surface area contributed by atoms with Crippen molar-refractivity contribution in [1.29, 1.82) is 0 Å². The fraction of sp³-hybridized carbons (Fsp3) is 0.571. The number of aliphatic hydroxyl groups excluding tert-OH is 1. The van der Waals surface area contributed by atoms with Crippen LogP contribution in [0.2, 0.25) is 0 Å². The lowest BCUT2D eigenvalue weighted by atomic mass is 10.3. The molecule has 7 nitrogen and oxygen atoms in total. The molecule has 1 atom stereocenters. The van der Waals surface area contributed by atoms with Crippen LogP contribution in [0.15, 0.2) is 4.52 Å². The minimum atomic E-state index is -0.745. The molecule has 0 bridgehead atoms. The SMILES string of the molecule is CCNC(=O)c1noc([C@H](N)CO)n1. The molecule has 1 aromatic heterocycles. The molecule has 0 aromatic carbocycles. The Labute approximate surface area is 80.3 Å². The van der Waals surface area contributed by atoms with Gasteiger partial charge in [0.2, 0.25) is 5.89 Å². The van der Waals surface area contributed by atoms with E-state index in [1.807, 2.05) is 0 Å². The van der Waals surface area contributed by atoms with Gasteiger partial charge in [-0.1, -0.05) is 5.16 Å². The highest BCUT2D eigenvalue weighted by atomic mass is 16.5. The van der Waals surface area contributed by atoms with Gasteiger partial charge >= 0.3 is 0 Å². The number of hydrogen-bond acceptors (Lipinski definition) is 6. The number of hydrogen-bond donors (Lipinski definition) is 3. The first-order valence-corrected chi connectivity index (χ1v) is 4.17. The Hall–Kier alpha value is -1.47. The third kappa shape index (κ3) is 2.27. The van der Waals surface area contributed by atoms with Crippen molar-refractivity contribution in [1.82, 2.24) is 15.5 Å². The highest BCUT2D eigenvalue weighted by molar-refractivity contribution is 5.90. The number of aliphatic hydroxyl groups is 1. The first-order chi connectivity index (χ1) is 6.69. The second-order valence-electron chi connectivity index (χ2n) is 2.60. The van der Waals surface area contributed by atoms with Crippen LogP contribution in [-0.2, 0) is 0 Å². The largest absolute Gasteiger partial charge is 0.394 e. The summed E-state index contributed by atoms with van der Waals surface area (Å²) in [5, 5.41) is 14.6. The van der Waals surface area contributed by atoms with Crippen molar-refractivity contribution in [3.63, 3.8) is 0 Å². The van der Waals surface area contributed by atoms with Gasteiger partial charge in [0.05, 0.1) is 6.61 Å². The molecule has 4 N–H and O–H groups in total. The lowest BCUT2D eigenvalue weighted by molar-refractivity contribution is 0.0942. The van der Waals surface area contributed by atoms with Crippen molar-refractivity contribution in [3.05, 3.63) is 11.7 Å². The molecule has 1 rings (SSSR count). The summed E-state index contributed by atoms with van der Waals surface area (Å²) in [4.78, 5) is 14.9. The number of aromatic nitrogens is 2. The van der Waals surface area contributed by atoms with Crippen molar-refractivity contribution in [2.45, 2.75) is 13.0 Å². The first-order valence-electron chi connectivity index (χ1n) is 4.17. The molecule has 14 heavy (non-hydrogen) atoms. The van der Waals surface area contributed by atoms with Gasteiger partial charge in [0, 0.05) is 6.54 Å². The van der Waals surface area contributed by atoms with E-state index in [9.17, 15) is 4.79 Å². The molecule has 1 amide bonds. The van der Waals surface area contributed by atoms with E-state index in [1.165, 1.54) is 0 Å². The van der Waals surface area contributed by atoms with E-state index in [1.54, 1.807) is 6.92 Å². The molecule has 7 heteroatoms. The smallest absolute Gasteiger partial charge is 0.292 e. The van der Waals surface area contributed by atoms with Crippen LogP contribution in [0.25, 0.3) is 0 Å². The summed E-state index contributed by atoms with van der Waals surface area (Å²) in [6, 6.07) is -0.745. The molecule has 0 fully saturated rings. The number of nitrogens with one attached hydrogen (secondary N) is 1. The second kappa shape index (κ2) is 4.68. The fourth-order valence-corrected chi connectivity index (χ4v) is 0.796. The molecule has 0 aliphatic heterocycles. The van der Waals surface area contributed by atoms with Crippen LogP contribution in [0.5, 0.6) is 0 Å². The van der Waals surface area contributed by atoms with Crippen molar-refractivity contribution in [2.24, 2.45) is 5.73 Å². The standard InChI is InChI=1S/C7H12N4O3/c1-2-9-6(13)5-10-7(14-11-5)4(8)3-12/h4,12H,2-3,8H2,1H3,(H,9,13)/t4-/m1/s1. The summed E-state index contributed by atoms with van der Waals surface area (Å²) in [7, 11) is 0. The van der Waals surface area contributed by atoms with Crippen LogP contribution in [0.3, 0.4) is 0 Å². The van der Waals surface area contributed by atoms with Crippen LogP contribution in [-0.4, -0.2) is 34.3 Å². The van der Waals surface area contributed by atoms with Gasteiger partial charge < -0.3 is 20.7 Å². The number of rotatable bonds is 4. The molecule has 0 radical (unpaired) electrons. The third-order valence-electron chi connectivity index (χ3n) is 1.50. The van der Waals surface area contributed by atoms with Gasteiger partial charge in [-0.25, -0.2) is 0 Å². The molecule has 1 aromatic rings. The summed E-state index contributed by atoms with van der Waals surface area (Å²) in [6.45, 7) is 1.95. The van der Waals surface area contributed by atoms with Crippen LogP contribution in [0.4, 0.5) is 0 Å². The Morgan fingerprint density at radius 1 is 1.79 bits per heavy atom. The molecule has 78 valence electrons. The van der Waals surface area contributed by atoms with Gasteiger partial charge in [0.15, 0.2) is 0 Å². The van der Waals surface area contributed by atoms with Crippen molar-refractivity contribution in [3.8, 4) is 0 Å². The summed E-state index contributed by atoms with van der Waals surface area (Å²) < 4.78 is 4.68. The number of amides is 1. The number of nitrogens with zero attached hydrogens (tertiary/aromatic N) is 2. The molecule has 0 aliphatic rings. The van der Waals surface area contributed by atoms with Crippen molar-refractivity contribution >= 4 is 5.91 Å². The second-order valence-corrected chi connectivity index (χ2v) is 2.60. The van der Waals surface area contributed by atoms with E-state index in [-0.39, 0.29) is 18.3 Å². The maximum absolute atomic E-state index is 11.2. The maximum Gasteiger partial charge on any atom is 0.292 e. The Kier molecular flexibility index (Phi) is 3.55. The average Bonchev–Trinajstić information content (AvgIpc) is 2.66. The Balaban J connectivity index is 2.72. The zero-order chi connectivity index (χ0) is 10.6. The molecule has 0 unspecified atom stereocenters. The van der Waals surface area contributed by atoms with E-state index in [4.69, 9.17) is 10.8 Å². The molecule has 0 aliphatic carbocycles. The molecular weight excluding hydrogens is 188 g/mol. The van der Waals surface area contributed by atoms with Crippen LogP contribution >= 0.6 is 0 Å². The highest BCUT2D eigenvalue weighted by Gasteiger charge is 2.17. The predicted molar refractivity (Wildman–Crippen MR) is 46.3 cm³/mol. The molecule has 1 heterocycles.